The normalized spacial score (nSPS) is 8.89. The van der Waals surface area contributed by atoms with Crippen molar-refractivity contribution in [3.8, 4) is 12.1 Å². The molecule has 0 amide bonds. The number of hydrogen-bond acceptors (Lipinski definition) is 6. The van der Waals surface area contributed by atoms with Crippen molar-refractivity contribution in [2.45, 2.75) is 0 Å². The maximum Gasteiger partial charge on any atom is 0.337 e. The summed E-state index contributed by atoms with van der Waals surface area (Å²) in [6.45, 7) is 0. The molecule has 1 aromatic carbocycles. The molecule has 0 fully saturated rings. The molecule has 0 saturated heterocycles. The summed E-state index contributed by atoms with van der Waals surface area (Å²) in [6.07, 6.45) is 0. The van der Waals surface area contributed by atoms with Crippen LogP contribution in [-0.2, 0) is 4.74 Å². The smallest absolute Gasteiger partial charge is 0.337 e. The monoisotopic (exact) mass is 384 g/mol. The first kappa shape index (κ1) is 15.2. The first-order valence-electron chi connectivity index (χ1n) is 4.74. The lowest BCUT2D eigenvalue weighted by atomic mass is 10.2. The van der Waals surface area contributed by atoms with Gasteiger partial charge in [-0.05, 0) is 44.0 Å². The highest BCUT2D eigenvalue weighted by atomic mass is 79.9. The summed E-state index contributed by atoms with van der Waals surface area (Å²) < 4.78 is 5.66. The third kappa shape index (κ3) is 3.78. The Bertz CT molecular complexity index is 590. The molecule has 0 aromatic heterocycles. The van der Waals surface area contributed by atoms with E-state index in [1.807, 2.05) is 0 Å². The highest BCUT2D eigenvalue weighted by molar-refractivity contribution is 9.11. The fourth-order valence-electron chi connectivity index (χ4n) is 1.10. The van der Waals surface area contributed by atoms with Crippen molar-refractivity contribution < 1.29 is 9.53 Å². The van der Waals surface area contributed by atoms with E-state index in [0.717, 1.165) is 0 Å². The Labute approximate surface area is 125 Å². The molecule has 1 aromatic rings. The zero-order chi connectivity index (χ0) is 14.4. The van der Waals surface area contributed by atoms with Crippen molar-refractivity contribution in [2.24, 2.45) is 5.10 Å². The average Bonchev–Trinajstić information content (AvgIpc) is 2.41. The molecule has 0 heterocycles. The van der Waals surface area contributed by atoms with Gasteiger partial charge in [-0.1, -0.05) is 0 Å². The number of nitriles is 2. The molecule has 0 radical (unpaired) electrons. The van der Waals surface area contributed by atoms with E-state index in [9.17, 15) is 4.79 Å². The van der Waals surface area contributed by atoms with Crippen LogP contribution in [0.2, 0.25) is 0 Å². The molecule has 0 aliphatic heterocycles. The van der Waals surface area contributed by atoms with Crippen LogP contribution in [0.15, 0.2) is 26.2 Å². The quantitative estimate of drug-likeness (QED) is 0.490. The Morgan fingerprint density at radius 2 is 1.84 bits per heavy atom. The molecule has 1 rings (SSSR count). The van der Waals surface area contributed by atoms with E-state index in [0.29, 0.717) is 20.2 Å². The second-order valence-corrected chi connectivity index (χ2v) is 4.81. The van der Waals surface area contributed by atoms with Crippen molar-refractivity contribution in [2.75, 3.05) is 12.5 Å². The number of carbonyl (C=O) groups excluding carboxylic acids is 1. The molecule has 96 valence electrons. The van der Waals surface area contributed by atoms with Gasteiger partial charge in [-0.25, -0.2) is 4.79 Å². The van der Waals surface area contributed by atoms with Gasteiger partial charge in [0.05, 0.1) is 18.4 Å². The third-order valence-corrected chi connectivity index (χ3v) is 3.21. The minimum Gasteiger partial charge on any atom is -0.465 e. The topological polar surface area (TPSA) is 98.3 Å². The molecule has 19 heavy (non-hydrogen) atoms. The van der Waals surface area contributed by atoms with Crippen LogP contribution in [0, 0.1) is 22.7 Å². The van der Waals surface area contributed by atoms with E-state index in [2.05, 4.69) is 47.1 Å². The van der Waals surface area contributed by atoms with Crippen LogP contribution in [0.25, 0.3) is 0 Å². The van der Waals surface area contributed by atoms with E-state index in [1.54, 1.807) is 12.1 Å². The Hall–Kier alpha value is -1.90. The van der Waals surface area contributed by atoms with Crippen LogP contribution < -0.4 is 5.43 Å². The van der Waals surface area contributed by atoms with Crippen molar-refractivity contribution in [3.05, 3.63) is 26.6 Å². The fraction of sp³-hybridized carbons (Fsp3) is 0.0909. The summed E-state index contributed by atoms with van der Waals surface area (Å²) in [5.74, 6) is -0.480. The zero-order valence-electron chi connectivity index (χ0n) is 9.57. The lowest BCUT2D eigenvalue weighted by molar-refractivity contribution is 0.0600. The number of esters is 1. The molecule has 0 bridgehead atoms. The maximum absolute atomic E-state index is 11.4. The number of methoxy groups -OCH3 is 1. The minimum absolute atomic E-state index is 0.309. The number of anilines is 1. The van der Waals surface area contributed by atoms with Gasteiger partial charge >= 0.3 is 5.97 Å². The van der Waals surface area contributed by atoms with E-state index >= 15 is 0 Å². The van der Waals surface area contributed by atoms with Gasteiger partial charge in [-0.2, -0.15) is 15.6 Å². The van der Waals surface area contributed by atoms with Gasteiger partial charge in [0, 0.05) is 8.95 Å². The number of benzene rings is 1. The van der Waals surface area contributed by atoms with E-state index in [-0.39, 0.29) is 5.71 Å². The van der Waals surface area contributed by atoms with Gasteiger partial charge in [0.25, 0.3) is 0 Å². The maximum atomic E-state index is 11.4. The summed E-state index contributed by atoms with van der Waals surface area (Å²) in [5, 5.41) is 20.7. The molecule has 0 aliphatic carbocycles. The molecule has 0 atom stereocenters. The van der Waals surface area contributed by atoms with Gasteiger partial charge in [0.2, 0.25) is 5.71 Å². The summed E-state index contributed by atoms with van der Waals surface area (Å²) in [4.78, 5) is 11.4. The number of hydrogen-bond donors (Lipinski definition) is 1. The van der Waals surface area contributed by atoms with Crippen LogP contribution in [0.5, 0.6) is 0 Å². The summed E-state index contributed by atoms with van der Waals surface area (Å²) in [5.41, 5.74) is 3.08. The van der Waals surface area contributed by atoms with Gasteiger partial charge in [0.15, 0.2) is 0 Å². The van der Waals surface area contributed by atoms with Crippen molar-refractivity contribution in [1.82, 2.24) is 0 Å². The zero-order valence-corrected chi connectivity index (χ0v) is 12.7. The third-order valence-electron chi connectivity index (χ3n) is 1.95. The molecular weight excluding hydrogens is 380 g/mol. The minimum atomic E-state index is -0.480. The second kappa shape index (κ2) is 6.88. The average molecular weight is 386 g/mol. The SMILES string of the molecule is COC(=O)c1cc(Br)c(NN=C(C#N)C#N)c(Br)c1. The summed E-state index contributed by atoms with van der Waals surface area (Å²) in [6, 6.07) is 6.31. The van der Waals surface area contributed by atoms with Crippen LogP contribution in [0.4, 0.5) is 5.69 Å². The largest absolute Gasteiger partial charge is 0.465 e. The fourth-order valence-corrected chi connectivity index (χ4v) is 2.47. The number of nitrogens with zero attached hydrogens (tertiary/aromatic N) is 3. The first-order chi connectivity index (χ1) is 9.03. The number of halogens is 2. The molecule has 0 unspecified atom stereocenters. The van der Waals surface area contributed by atoms with Gasteiger partial charge in [-0.15, -0.1) is 0 Å². The summed E-state index contributed by atoms with van der Waals surface area (Å²) in [7, 11) is 1.28. The number of nitrogens with one attached hydrogen (secondary N) is 1. The van der Waals surface area contributed by atoms with Crippen molar-refractivity contribution in [3.63, 3.8) is 0 Å². The molecule has 6 nitrogen and oxygen atoms in total. The molecule has 0 spiro atoms. The van der Waals surface area contributed by atoms with Gasteiger partial charge < -0.3 is 4.74 Å². The second-order valence-electron chi connectivity index (χ2n) is 3.10. The van der Waals surface area contributed by atoms with Crippen molar-refractivity contribution >= 4 is 49.2 Å². The number of hydrazone groups is 1. The highest BCUT2D eigenvalue weighted by Crippen LogP contribution is 2.32. The predicted octanol–water partition coefficient (Wildman–Crippen LogP) is 2.81. The Morgan fingerprint density at radius 1 is 1.32 bits per heavy atom. The Balaban J connectivity index is 3.13. The number of ether oxygens (including phenoxy) is 1. The molecule has 1 N–H and O–H groups in total. The lowest BCUT2D eigenvalue weighted by Crippen LogP contribution is -2.03. The number of rotatable bonds is 3. The van der Waals surface area contributed by atoms with Crippen molar-refractivity contribution in [1.29, 1.82) is 10.5 Å². The van der Waals surface area contributed by atoms with E-state index in [4.69, 9.17) is 10.5 Å². The standard InChI is InChI=1S/C11H6Br2N4O2/c1-19-11(18)6-2-8(12)10(9(13)3-6)17-16-7(4-14)5-15/h2-3,17H,1H3. The Kier molecular flexibility index (Phi) is 5.49. The van der Waals surface area contributed by atoms with Gasteiger partial charge in [-0.3, -0.25) is 5.43 Å². The Morgan fingerprint density at radius 3 is 2.26 bits per heavy atom. The van der Waals surface area contributed by atoms with Crippen LogP contribution in [0.3, 0.4) is 0 Å². The highest BCUT2D eigenvalue weighted by Gasteiger charge is 2.12. The molecule has 0 aliphatic rings. The first-order valence-corrected chi connectivity index (χ1v) is 6.33. The van der Waals surface area contributed by atoms with E-state index < -0.39 is 5.97 Å². The molecule has 0 saturated carbocycles. The van der Waals surface area contributed by atoms with Crippen LogP contribution in [-0.4, -0.2) is 18.8 Å². The predicted molar refractivity (Wildman–Crippen MR) is 75.5 cm³/mol. The summed E-state index contributed by atoms with van der Waals surface area (Å²) >= 11 is 6.51. The lowest BCUT2D eigenvalue weighted by Gasteiger charge is -2.08. The number of carbonyl (C=O) groups is 1. The van der Waals surface area contributed by atoms with Crippen LogP contribution >= 0.6 is 31.9 Å². The molecular formula is C11H6Br2N4O2. The van der Waals surface area contributed by atoms with E-state index in [1.165, 1.54) is 19.2 Å². The van der Waals surface area contributed by atoms with Gasteiger partial charge in [0.1, 0.15) is 12.1 Å². The van der Waals surface area contributed by atoms with Crippen LogP contribution in [0.1, 0.15) is 10.4 Å². The molecule has 8 heteroatoms.